The van der Waals surface area contributed by atoms with E-state index in [2.05, 4.69) is 0 Å². The number of carbonyl (C=O) groups excluding carboxylic acids is 1. The third-order valence-corrected chi connectivity index (χ3v) is 3.90. The average Bonchev–Trinajstić information content (AvgIpc) is 2.52. The summed E-state index contributed by atoms with van der Waals surface area (Å²) in [6, 6.07) is 8.75. The minimum atomic E-state index is -2.26. The van der Waals surface area contributed by atoms with Crippen LogP contribution in [-0.4, -0.2) is 25.2 Å². The number of esters is 1. The summed E-state index contributed by atoms with van der Waals surface area (Å²) in [4.78, 5) is 11.3. The fraction of sp³-hybridized carbons (Fsp3) is 0.500. The highest BCUT2D eigenvalue weighted by Gasteiger charge is 2.38. The van der Waals surface area contributed by atoms with E-state index in [1.54, 1.807) is 24.3 Å². The van der Waals surface area contributed by atoms with E-state index in [-0.39, 0.29) is 12.7 Å². The molecule has 0 aliphatic rings. The van der Waals surface area contributed by atoms with Gasteiger partial charge in [0.25, 0.3) is 0 Å². The summed E-state index contributed by atoms with van der Waals surface area (Å²) in [7, 11) is -2.26. The van der Waals surface area contributed by atoms with Gasteiger partial charge >= 0.3 is 19.8 Å². The number of hydrogen-bond acceptors (Lipinski definition) is 5. The van der Waals surface area contributed by atoms with E-state index in [9.17, 15) is 9.36 Å². The van der Waals surface area contributed by atoms with Gasteiger partial charge in [0.05, 0.1) is 0 Å². The largest absolute Gasteiger partial charge is 0.561 e. The SMILES string of the molecule is CCCCOCO[P+](=O)C(OC(=O)CCl)c1ccccc1. The van der Waals surface area contributed by atoms with Crippen molar-refractivity contribution >= 4 is 25.6 Å². The minimum absolute atomic E-state index is 0.100. The third-order valence-electron chi connectivity index (χ3n) is 2.53. The van der Waals surface area contributed by atoms with Crippen molar-refractivity contribution in [3.05, 3.63) is 35.9 Å². The molecule has 0 fully saturated rings. The molecule has 21 heavy (non-hydrogen) atoms. The fourth-order valence-corrected chi connectivity index (χ4v) is 2.46. The number of alkyl halides is 1. The molecule has 0 saturated heterocycles. The van der Waals surface area contributed by atoms with Crippen LogP contribution in [0.4, 0.5) is 0 Å². The van der Waals surface area contributed by atoms with Crippen molar-refractivity contribution in [1.29, 1.82) is 0 Å². The number of carbonyl (C=O) groups is 1. The Labute approximate surface area is 130 Å². The molecule has 0 bridgehead atoms. The van der Waals surface area contributed by atoms with Gasteiger partial charge in [-0.1, -0.05) is 43.7 Å². The first-order valence-electron chi connectivity index (χ1n) is 6.66. The molecule has 2 unspecified atom stereocenters. The first-order valence-corrected chi connectivity index (χ1v) is 8.44. The molecule has 7 heteroatoms. The van der Waals surface area contributed by atoms with Crippen molar-refractivity contribution in [2.45, 2.75) is 25.6 Å². The number of unbranched alkanes of at least 4 members (excludes halogenated alkanes) is 1. The Bertz CT molecular complexity index is 440. The molecule has 1 rings (SSSR count). The summed E-state index contributed by atoms with van der Waals surface area (Å²) in [6.45, 7) is 2.48. The molecule has 0 spiro atoms. The second kappa shape index (κ2) is 10.7. The molecule has 0 radical (unpaired) electrons. The van der Waals surface area contributed by atoms with E-state index >= 15 is 0 Å². The number of rotatable bonds is 10. The van der Waals surface area contributed by atoms with Crippen LogP contribution < -0.4 is 0 Å². The molecule has 0 aromatic heterocycles. The van der Waals surface area contributed by atoms with Gasteiger partial charge in [-0.05, 0) is 11.0 Å². The van der Waals surface area contributed by atoms with E-state index in [4.69, 9.17) is 25.6 Å². The zero-order valence-electron chi connectivity index (χ0n) is 11.9. The van der Waals surface area contributed by atoms with E-state index in [1.807, 2.05) is 13.0 Å². The van der Waals surface area contributed by atoms with Crippen molar-refractivity contribution in [3.8, 4) is 0 Å². The third kappa shape index (κ3) is 7.00. The zero-order chi connectivity index (χ0) is 15.5. The van der Waals surface area contributed by atoms with Crippen LogP contribution in [0.25, 0.3) is 0 Å². The number of ether oxygens (including phenoxy) is 2. The average molecular weight is 334 g/mol. The quantitative estimate of drug-likeness (QED) is 0.213. The summed E-state index contributed by atoms with van der Waals surface area (Å²) < 4.78 is 27.6. The molecule has 5 nitrogen and oxygen atoms in total. The van der Waals surface area contributed by atoms with Gasteiger partial charge in [0.2, 0.25) is 6.79 Å². The van der Waals surface area contributed by atoms with Crippen LogP contribution in [0.1, 0.15) is 31.2 Å². The normalized spacial score (nSPS) is 12.8. The summed E-state index contributed by atoms with van der Waals surface area (Å²) in [5, 5.41) is 0. The Morgan fingerprint density at radius 2 is 2.05 bits per heavy atom. The molecule has 0 amide bonds. The maximum Gasteiger partial charge on any atom is 0.561 e. The molecule has 116 valence electrons. The van der Waals surface area contributed by atoms with E-state index < -0.39 is 19.8 Å². The van der Waals surface area contributed by atoms with Gasteiger partial charge < -0.3 is 9.47 Å². The maximum absolute atomic E-state index is 12.2. The van der Waals surface area contributed by atoms with E-state index in [0.29, 0.717) is 12.2 Å². The maximum atomic E-state index is 12.2. The molecular weight excluding hydrogens is 315 g/mol. The first-order chi connectivity index (χ1) is 10.2. The van der Waals surface area contributed by atoms with Crippen LogP contribution >= 0.6 is 19.6 Å². The predicted molar refractivity (Wildman–Crippen MR) is 80.4 cm³/mol. The molecule has 0 saturated carbocycles. The van der Waals surface area contributed by atoms with Gasteiger partial charge in [0.15, 0.2) is 0 Å². The zero-order valence-corrected chi connectivity index (χ0v) is 13.5. The molecule has 0 heterocycles. The summed E-state index contributed by atoms with van der Waals surface area (Å²) >= 11 is 5.41. The lowest BCUT2D eigenvalue weighted by Gasteiger charge is -2.07. The lowest BCUT2D eigenvalue weighted by Crippen LogP contribution is -2.11. The second-order valence-corrected chi connectivity index (χ2v) is 5.75. The van der Waals surface area contributed by atoms with Crippen molar-refractivity contribution in [3.63, 3.8) is 0 Å². The summed E-state index contributed by atoms with van der Waals surface area (Å²) in [5.74, 6) is -1.94. The number of halogens is 1. The highest BCUT2D eigenvalue weighted by Crippen LogP contribution is 2.43. The Morgan fingerprint density at radius 1 is 1.33 bits per heavy atom. The Morgan fingerprint density at radius 3 is 2.67 bits per heavy atom. The fourth-order valence-electron chi connectivity index (χ4n) is 1.47. The topological polar surface area (TPSA) is 61.8 Å². The van der Waals surface area contributed by atoms with Gasteiger partial charge in [-0.15, -0.1) is 16.1 Å². The molecule has 0 aliphatic carbocycles. The highest BCUT2D eigenvalue weighted by molar-refractivity contribution is 7.39. The van der Waals surface area contributed by atoms with Gasteiger partial charge in [-0.25, -0.2) is 0 Å². The van der Waals surface area contributed by atoms with Gasteiger partial charge in [-0.2, -0.15) is 0 Å². The predicted octanol–water partition coefficient (Wildman–Crippen LogP) is 4.00. The Hall–Kier alpha value is -1.00. The summed E-state index contributed by atoms with van der Waals surface area (Å²) in [6.07, 6.45) is 1.91. The smallest absolute Gasteiger partial charge is 0.409 e. The number of hydrogen-bond donors (Lipinski definition) is 0. The minimum Gasteiger partial charge on any atom is -0.409 e. The van der Waals surface area contributed by atoms with Crippen LogP contribution in [-0.2, 0) is 23.4 Å². The lowest BCUT2D eigenvalue weighted by atomic mass is 10.2. The van der Waals surface area contributed by atoms with E-state index in [0.717, 1.165) is 12.8 Å². The molecule has 1 aromatic carbocycles. The number of benzene rings is 1. The van der Waals surface area contributed by atoms with Gasteiger partial charge in [0.1, 0.15) is 5.88 Å². The Balaban J connectivity index is 2.59. The first kappa shape index (κ1) is 18.1. The molecule has 0 N–H and O–H groups in total. The van der Waals surface area contributed by atoms with Crippen LogP contribution in [0.5, 0.6) is 0 Å². The Kier molecular flexibility index (Phi) is 9.19. The molecular formula is C14H19ClO5P+. The van der Waals surface area contributed by atoms with Crippen LogP contribution in [0.15, 0.2) is 30.3 Å². The molecule has 0 aliphatic heterocycles. The molecule has 2 atom stereocenters. The second-order valence-electron chi connectivity index (χ2n) is 4.18. The van der Waals surface area contributed by atoms with Crippen LogP contribution in [0, 0.1) is 0 Å². The van der Waals surface area contributed by atoms with Gasteiger partial charge in [-0.3, -0.25) is 4.79 Å². The highest BCUT2D eigenvalue weighted by atomic mass is 35.5. The van der Waals surface area contributed by atoms with Crippen LogP contribution in [0.2, 0.25) is 0 Å². The van der Waals surface area contributed by atoms with Crippen molar-refractivity contribution in [2.24, 2.45) is 0 Å². The van der Waals surface area contributed by atoms with Crippen molar-refractivity contribution in [2.75, 3.05) is 19.3 Å². The van der Waals surface area contributed by atoms with Gasteiger partial charge in [0, 0.05) is 12.2 Å². The molecule has 1 aromatic rings. The van der Waals surface area contributed by atoms with E-state index in [1.165, 1.54) is 0 Å². The monoisotopic (exact) mass is 333 g/mol. The van der Waals surface area contributed by atoms with Crippen LogP contribution in [0.3, 0.4) is 0 Å². The lowest BCUT2D eigenvalue weighted by molar-refractivity contribution is -0.143. The standard InChI is InChI=1S/C14H19ClO5P/c1-2-3-9-18-11-19-21(17)14(20-13(16)10-15)12-7-5-4-6-8-12/h4-8,14H,2-3,9-11H2,1H3/q+1. The van der Waals surface area contributed by atoms with Crippen molar-refractivity contribution < 1.29 is 23.4 Å². The van der Waals surface area contributed by atoms with Crippen molar-refractivity contribution in [1.82, 2.24) is 0 Å². The summed E-state index contributed by atoms with van der Waals surface area (Å²) in [5.41, 5.74) is 0.589.